The summed E-state index contributed by atoms with van der Waals surface area (Å²) in [5.74, 6) is 3.61. The van der Waals surface area contributed by atoms with Crippen LogP contribution in [0.2, 0.25) is 0 Å². The number of aromatic nitrogens is 2. The number of nitrogens with zero attached hydrogens (tertiary/aromatic N) is 2. The smallest absolute Gasteiger partial charge is 0.158 e. The molecule has 1 heterocycles. The van der Waals surface area contributed by atoms with Crippen LogP contribution in [-0.4, -0.2) is 30.2 Å². The Morgan fingerprint density at radius 1 is 1.21 bits per heavy atom. The first-order valence-electron chi connectivity index (χ1n) is 6.94. The van der Waals surface area contributed by atoms with Gasteiger partial charge in [0.25, 0.3) is 0 Å². The summed E-state index contributed by atoms with van der Waals surface area (Å²) in [7, 11) is 1.85. The Kier molecular flexibility index (Phi) is 6.56. The van der Waals surface area contributed by atoms with Crippen molar-refractivity contribution in [1.82, 2.24) is 9.97 Å². The van der Waals surface area contributed by atoms with Crippen LogP contribution in [0.3, 0.4) is 0 Å². The monoisotopic (exact) mass is 266 g/mol. The van der Waals surface area contributed by atoms with Crippen LogP contribution in [0, 0.1) is 11.8 Å². The molecule has 1 aromatic heterocycles. The van der Waals surface area contributed by atoms with E-state index in [4.69, 9.17) is 4.74 Å². The molecule has 0 saturated carbocycles. The van der Waals surface area contributed by atoms with Gasteiger partial charge in [0, 0.05) is 26.3 Å². The van der Waals surface area contributed by atoms with Gasteiger partial charge in [0.1, 0.15) is 18.2 Å². The van der Waals surface area contributed by atoms with E-state index < -0.39 is 0 Å². The summed E-state index contributed by atoms with van der Waals surface area (Å²) < 4.78 is 5.36. The highest BCUT2D eigenvalue weighted by Gasteiger charge is 2.08. The minimum Gasteiger partial charge on any atom is -0.374 e. The van der Waals surface area contributed by atoms with Crippen molar-refractivity contribution in [3.8, 4) is 0 Å². The van der Waals surface area contributed by atoms with Crippen molar-refractivity contribution in [2.75, 3.05) is 30.8 Å². The van der Waals surface area contributed by atoms with Crippen molar-refractivity contribution < 1.29 is 4.74 Å². The molecule has 1 rings (SSSR count). The molecule has 0 saturated heterocycles. The summed E-state index contributed by atoms with van der Waals surface area (Å²) in [4.78, 5) is 8.83. The van der Waals surface area contributed by atoms with Crippen LogP contribution in [0.1, 0.15) is 33.5 Å². The van der Waals surface area contributed by atoms with Crippen LogP contribution < -0.4 is 10.6 Å². The van der Waals surface area contributed by atoms with Crippen molar-refractivity contribution in [1.29, 1.82) is 0 Å². The predicted octanol–water partition coefficient (Wildman–Crippen LogP) is 2.76. The number of nitrogens with one attached hydrogen (secondary N) is 2. The van der Waals surface area contributed by atoms with E-state index in [1.54, 1.807) is 0 Å². The fraction of sp³-hybridized carbons (Fsp3) is 0.714. The van der Waals surface area contributed by atoms with Crippen molar-refractivity contribution in [2.24, 2.45) is 11.8 Å². The van der Waals surface area contributed by atoms with E-state index in [0.29, 0.717) is 30.9 Å². The Labute approximate surface area is 116 Å². The standard InChI is InChI=1S/C14H26N4O/c1-6-19-9-14-17-12(15-5)7-13(18-14)16-8-11(4)10(2)3/h7,10-11H,6,8-9H2,1-5H3,(H2,15,16,17,18). The zero-order valence-electron chi connectivity index (χ0n) is 12.7. The van der Waals surface area contributed by atoms with Gasteiger partial charge in [-0.25, -0.2) is 9.97 Å². The lowest BCUT2D eigenvalue weighted by Crippen LogP contribution is -2.17. The van der Waals surface area contributed by atoms with Gasteiger partial charge in [0.05, 0.1) is 0 Å². The summed E-state index contributed by atoms with van der Waals surface area (Å²) in [5, 5.41) is 6.42. The summed E-state index contributed by atoms with van der Waals surface area (Å²) in [5.41, 5.74) is 0. The van der Waals surface area contributed by atoms with E-state index in [9.17, 15) is 0 Å². The van der Waals surface area contributed by atoms with Gasteiger partial charge in [-0.15, -0.1) is 0 Å². The molecule has 19 heavy (non-hydrogen) atoms. The maximum Gasteiger partial charge on any atom is 0.158 e. The van der Waals surface area contributed by atoms with Crippen LogP contribution in [0.25, 0.3) is 0 Å². The maximum absolute atomic E-state index is 5.36. The normalized spacial score (nSPS) is 12.5. The van der Waals surface area contributed by atoms with Gasteiger partial charge in [0.15, 0.2) is 5.82 Å². The molecule has 1 atom stereocenters. The van der Waals surface area contributed by atoms with E-state index in [-0.39, 0.29) is 0 Å². The van der Waals surface area contributed by atoms with Crippen molar-refractivity contribution in [3.63, 3.8) is 0 Å². The van der Waals surface area contributed by atoms with Crippen LogP contribution >= 0.6 is 0 Å². The van der Waals surface area contributed by atoms with Crippen molar-refractivity contribution in [2.45, 2.75) is 34.3 Å². The Balaban J connectivity index is 2.70. The molecule has 5 heteroatoms. The Morgan fingerprint density at radius 3 is 2.47 bits per heavy atom. The molecule has 0 fully saturated rings. The molecular formula is C14H26N4O. The molecule has 0 radical (unpaired) electrons. The van der Waals surface area contributed by atoms with Gasteiger partial charge in [-0.3, -0.25) is 0 Å². The Hall–Kier alpha value is -1.36. The molecule has 2 N–H and O–H groups in total. The van der Waals surface area contributed by atoms with Gasteiger partial charge < -0.3 is 15.4 Å². The largest absolute Gasteiger partial charge is 0.374 e. The fourth-order valence-corrected chi connectivity index (χ4v) is 1.47. The second-order valence-corrected chi connectivity index (χ2v) is 5.04. The summed E-state index contributed by atoms with van der Waals surface area (Å²) in [6.07, 6.45) is 0. The topological polar surface area (TPSA) is 59.1 Å². The molecule has 5 nitrogen and oxygen atoms in total. The highest BCUT2D eigenvalue weighted by atomic mass is 16.5. The van der Waals surface area contributed by atoms with Crippen molar-refractivity contribution >= 4 is 11.6 Å². The van der Waals surface area contributed by atoms with E-state index >= 15 is 0 Å². The SMILES string of the molecule is CCOCc1nc(NC)cc(NCC(C)C(C)C)n1. The van der Waals surface area contributed by atoms with E-state index in [2.05, 4.69) is 41.4 Å². The van der Waals surface area contributed by atoms with Gasteiger partial charge in [-0.2, -0.15) is 0 Å². The quantitative estimate of drug-likeness (QED) is 0.757. The molecule has 0 aliphatic rings. The fourth-order valence-electron chi connectivity index (χ4n) is 1.47. The lowest BCUT2D eigenvalue weighted by Gasteiger charge is -2.17. The molecule has 108 valence electrons. The van der Waals surface area contributed by atoms with Crippen LogP contribution in [-0.2, 0) is 11.3 Å². The average Bonchev–Trinajstić information content (AvgIpc) is 2.42. The number of anilines is 2. The number of hydrogen-bond donors (Lipinski definition) is 2. The number of hydrogen-bond acceptors (Lipinski definition) is 5. The molecule has 0 bridgehead atoms. The molecule has 0 aromatic carbocycles. The predicted molar refractivity (Wildman–Crippen MR) is 79.4 cm³/mol. The van der Waals surface area contributed by atoms with E-state index in [1.807, 2.05) is 20.0 Å². The minimum atomic E-state index is 0.445. The van der Waals surface area contributed by atoms with Crippen LogP contribution in [0.4, 0.5) is 11.6 Å². The lowest BCUT2D eigenvalue weighted by atomic mass is 9.98. The van der Waals surface area contributed by atoms with Gasteiger partial charge >= 0.3 is 0 Å². The molecule has 1 aromatic rings. The van der Waals surface area contributed by atoms with Crippen LogP contribution in [0.15, 0.2) is 6.07 Å². The summed E-state index contributed by atoms with van der Waals surface area (Å²) in [6.45, 7) is 10.7. The molecular weight excluding hydrogens is 240 g/mol. The van der Waals surface area contributed by atoms with Crippen molar-refractivity contribution in [3.05, 3.63) is 11.9 Å². The lowest BCUT2D eigenvalue weighted by molar-refractivity contribution is 0.128. The van der Waals surface area contributed by atoms with E-state index in [1.165, 1.54) is 0 Å². The first-order chi connectivity index (χ1) is 9.06. The third-order valence-corrected chi connectivity index (χ3v) is 3.21. The zero-order valence-corrected chi connectivity index (χ0v) is 12.7. The Morgan fingerprint density at radius 2 is 1.89 bits per heavy atom. The van der Waals surface area contributed by atoms with E-state index in [0.717, 1.165) is 18.2 Å². The van der Waals surface area contributed by atoms with Crippen LogP contribution in [0.5, 0.6) is 0 Å². The third kappa shape index (κ3) is 5.42. The second kappa shape index (κ2) is 7.94. The maximum atomic E-state index is 5.36. The second-order valence-electron chi connectivity index (χ2n) is 5.04. The zero-order chi connectivity index (χ0) is 14.3. The third-order valence-electron chi connectivity index (χ3n) is 3.21. The van der Waals surface area contributed by atoms with Gasteiger partial charge in [-0.1, -0.05) is 20.8 Å². The average molecular weight is 266 g/mol. The number of rotatable bonds is 8. The highest BCUT2D eigenvalue weighted by molar-refractivity contribution is 5.47. The van der Waals surface area contributed by atoms with Gasteiger partial charge in [-0.05, 0) is 18.8 Å². The first-order valence-corrected chi connectivity index (χ1v) is 6.94. The summed E-state index contributed by atoms with van der Waals surface area (Å²) >= 11 is 0. The molecule has 1 unspecified atom stereocenters. The first kappa shape index (κ1) is 15.7. The minimum absolute atomic E-state index is 0.445. The molecule has 0 aliphatic carbocycles. The molecule has 0 spiro atoms. The van der Waals surface area contributed by atoms with Gasteiger partial charge in [0.2, 0.25) is 0 Å². The Bertz CT molecular complexity index is 382. The number of ether oxygens (including phenoxy) is 1. The molecule has 0 amide bonds. The molecule has 0 aliphatic heterocycles. The summed E-state index contributed by atoms with van der Waals surface area (Å²) in [6, 6.07) is 1.92. The highest BCUT2D eigenvalue weighted by Crippen LogP contribution is 2.14.